The molecule has 0 saturated heterocycles. The second-order valence-electron chi connectivity index (χ2n) is 5.53. The number of anilines is 1. The minimum atomic E-state index is 0.873. The van der Waals surface area contributed by atoms with Crippen LogP contribution in [0.15, 0.2) is 65.2 Å². The molecule has 0 heterocycles. The lowest BCUT2D eigenvalue weighted by Crippen LogP contribution is -2.25. The summed E-state index contributed by atoms with van der Waals surface area (Å²) in [5, 5.41) is 2.61. The molecule has 1 nitrogen and oxygen atoms in total. The average molecular weight is 342 g/mol. The molecule has 2 aromatic carbocycles. The zero-order chi connectivity index (χ0) is 14.7. The van der Waals surface area contributed by atoms with Gasteiger partial charge < -0.3 is 4.90 Å². The summed E-state index contributed by atoms with van der Waals surface area (Å²) in [6.07, 6.45) is 5.66. The van der Waals surface area contributed by atoms with Gasteiger partial charge in [-0.25, -0.2) is 0 Å². The normalized spacial score (nSPS) is 14.7. The van der Waals surface area contributed by atoms with E-state index in [2.05, 4.69) is 69.9 Å². The van der Waals surface area contributed by atoms with Crippen molar-refractivity contribution >= 4 is 32.4 Å². The van der Waals surface area contributed by atoms with E-state index in [1.807, 2.05) is 6.08 Å². The van der Waals surface area contributed by atoms with E-state index in [0.717, 1.165) is 13.1 Å². The summed E-state index contributed by atoms with van der Waals surface area (Å²) in [6.45, 7) is 5.79. The molecule has 2 heteroatoms. The maximum atomic E-state index is 3.93. The second kappa shape index (κ2) is 6.48. The number of hydrogen-bond donors (Lipinski definition) is 0. The van der Waals surface area contributed by atoms with Gasteiger partial charge in [-0.1, -0.05) is 58.4 Å². The fourth-order valence-corrected chi connectivity index (χ4v) is 3.66. The van der Waals surface area contributed by atoms with Crippen LogP contribution in [0.2, 0.25) is 0 Å². The molecule has 1 aliphatic carbocycles. The monoisotopic (exact) mass is 341 g/mol. The number of halogens is 1. The van der Waals surface area contributed by atoms with Gasteiger partial charge in [0.05, 0.1) is 0 Å². The molecule has 1 aliphatic rings. The summed E-state index contributed by atoms with van der Waals surface area (Å²) < 4.78 is 1.40. The van der Waals surface area contributed by atoms with Crippen molar-refractivity contribution in [2.45, 2.75) is 19.3 Å². The van der Waals surface area contributed by atoms with Gasteiger partial charge in [0.2, 0.25) is 0 Å². The highest BCUT2D eigenvalue weighted by atomic mass is 79.9. The minimum absolute atomic E-state index is 0.873. The Kier molecular flexibility index (Phi) is 4.45. The van der Waals surface area contributed by atoms with Crippen LogP contribution >= 0.6 is 15.9 Å². The van der Waals surface area contributed by atoms with Crippen molar-refractivity contribution < 1.29 is 0 Å². The first-order chi connectivity index (χ1) is 10.3. The lowest BCUT2D eigenvalue weighted by molar-refractivity contribution is 0.852. The van der Waals surface area contributed by atoms with Crippen LogP contribution < -0.4 is 4.90 Å². The number of allylic oxidation sites excluding steroid dienone is 1. The Morgan fingerprint density at radius 1 is 1.10 bits per heavy atom. The van der Waals surface area contributed by atoms with Crippen molar-refractivity contribution in [2.24, 2.45) is 0 Å². The van der Waals surface area contributed by atoms with Gasteiger partial charge in [0.25, 0.3) is 0 Å². The van der Waals surface area contributed by atoms with Gasteiger partial charge >= 0.3 is 0 Å². The molecule has 0 fully saturated rings. The highest BCUT2D eigenvalue weighted by Crippen LogP contribution is 2.33. The fourth-order valence-electron chi connectivity index (χ4n) is 3.05. The number of rotatable bonds is 5. The summed E-state index contributed by atoms with van der Waals surface area (Å²) in [6, 6.07) is 15.1. The Morgan fingerprint density at radius 3 is 2.67 bits per heavy atom. The van der Waals surface area contributed by atoms with Crippen LogP contribution in [0.1, 0.15) is 19.3 Å². The topological polar surface area (TPSA) is 3.24 Å². The smallest absolute Gasteiger partial charge is 0.0451 e. The highest BCUT2D eigenvalue weighted by molar-refractivity contribution is 9.11. The van der Waals surface area contributed by atoms with E-state index in [4.69, 9.17) is 0 Å². The third kappa shape index (κ3) is 3.06. The Bertz CT molecular complexity index is 682. The lowest BCUT2D eigenvalue weighted by Gasteiger charge is -2.26. The lowest BCUT2D eigenvalue weighted by atomic mass is 10.1. The van der Waals surface area contributed by atoms with Gasteiger partial charge in [0, 0.05) is 24.2 Å². The SMILES string of the molecule is C=CCN(CC1=C(Br)CCC1)c1cccc2ccccc12. The van der Waals surface area contributed by atoms with Gasteiger partial charge in [-0.15, -0.1) is 6.58 Å². The summed E-state index contributed by atoms with van der Waals surface area (Å²) >= 11 is 3.73. The van der Waals surface area contributed by atoms with Gasteiger partial charge in [0.15, 0.2) is 0 Å². The molecule has 0 N–H and O–H groups in total. The molecular weight excluding hydrogens is 322 g/mol. The number of nitrogens with zero attached hydrogens (tertiary/aromatic N) is 1. The van der Waals surface area contributed by atoms with Crippen LogP contribution in [-0.4, -0.2) is 13.1 Å². The molecule has 0 aromatic heterocycles. The molecule has 2 aromatic rings. The molecule has 0 aliphatic heterocycles. The van der Waals surface area contributed by atoms with Crippen molar-refractivity contribution in [3.05, 3.63) is 65.2 Å². The predicted molar refractivity (Wildman–Crippen MR) is 96.2 cm³/mol. The largest absolute Gasteiger partial charge is 0.363 e. The van der Waals surface area contributed by atoms with Crippen LogP contribution in [0.5, 0.6) is 0 Å². The second-order valence-corrected chi connectivity index (χ2v) is 6.49. The van der Waals surface area contributed by atoms with E-state index in [1.54, 1.807) is 0 Å². The molecule has 0 atom stereocenters. The first kappa shape index (κ1) is 14.4. The van der Waals surface area contributed by atoms with Crippen LogP contribution in [0.25, 0.3) is 10.8 Å². The van der Waals surface area contributed by atoms with Gasteiger partial charge in [0.1, 0.15) is 0 Å². The third-order valence-corrected chi connectivity index (χ3v) is 5.05. The molecule has 0 saturated carbocycles. The van der Waals surface area contributed by atoms with E-state index in [1.165, 1.54) is 45.8 Å². The summed E-state index contributed by atoms with van der Waals surface area (Å²) in [7, 11) is 0. The van der Waals surface area contributed by atoms with Crippen molar-refractivity contribution in [1.29, 1.82) is 0 Å². The van der Waals surface area contributed by atoms with E-state index >= 15 is 0 Å². The molecule has 0 amide bonds. The third-order valence-electron chi connectivity index (χ3n) is 4.10. The maximum absolute atomic E-state index is 3.93. The van der Waals surface area contributed by atoms with E-state index in [-0.39, 0.29) is 0 Å². The molecule has 21 heavy (non-hydrogen) atoms. The van der Waals surface area contributed by atoms with E-state index in [0.29, 0.717) is 0 Å². The highest BCUT2D eigenvalue weighted by Gasteiger charge is 2.16. The zero-order valence-corrected chi connectivity index (χ0v) is 13.8. The molecule has 0 radical (unpaired) electrons. The maximum Gasteiger partial charge on any atom is 0.0451 e. The predicted octanol–water partition coefficient (Wildman–Crippen LogP) is 5.67. The van der Waals surface area contributed by atoms with Gasteiger partial charge in [-0.2, -0.15) is 0 Å². The van der Waals surface area contributed by atoms with Crippen LogP contribution in [0.4, 0.5) is 5.69 Å². The molecule has 108 valence electrons. The van der Waals surface area contributed by atoms with Crippen molar-refractivity contribution in [3.8, 4) is 0 Å². The average Bonchev–Trinajstić information content (AvgIpc) is 2.91. The van der Waals surface area contributed by atoms with Crippen molar-refractivity contribution in [1.82, 2.24) is 0 Å². The number of hydrogen-bond acceptors (Lipinski definition) is 1. The Hall–Kier alpha value is -1.54. The summed E-state index contributed by atoms with van der Waals surface area (Å²) in [5.74, 6) is 0. The quantitative estimate of drug-likeness (QED) is 0.633. The zero-order valence-electron chi connectivity index (χ0n) is 12.2. The molecule has 0 bridgehead atoms. The summed E-state index contributed by atoms with van der Waals surface area (Å²) in [5.41, 5.74) is 2.83. The number of fused-ring (bicyclic) bond motifs is 1. The van der Waals surface area contributed by atoms with Crippen molar-refractivity contribution in [3.63, 3.8) is 0 Å². The first-order valence-corrected chi connectivity index (χ1v) is 8.29. The van der Waals surface area contributed by atoms with Gasteiger partial charge in [-0.05, 0) is 40.8 Å². The summed E-state index contributed by atoms with van der Waals surface area (Å²) in [4.78, 5) is 2.43. The fraction of sp³-hybridized carbons (Fsp3) is 0.263. The first-order valence-electron chi connectivity index (χ1n) is 7.49. The van der Waals surface area contributed by atoms with Gasteiger partial charge in [-0.3, -0.25) is 0 Å². The van der Waals surface area contributed by atoms with Crippen LogP contribution in [0, 0.1) is 0 Å². The standard InChI is InChI=1S/C19H20BrN/c1-2-13-21(14-16-9-5-11-18(16)20)19-12-6-8-15-7-3-4-10-17(15)19/h2-4,6-8,10,12H,1,5,9,11,13-14H2. The molecule has 0 spiro atoms. The van der Waals surface area contributed by atoms with E-state index < -0.39 is 0 Å². The molecule has 0 unspecified atom stereocenters. The Balaban J connectivity index is 1.99. The number of benzene rings is 2. The van der Waals surface area contributed by atoms with Crippen LogP contribution in [0.3, 0.4) is 0 Å². The Morgan fingerprint density at radius 2 is 1.90 bits per heavy atom. The van der Waals surface area contributed by atoms with Crippen LogP contribution in [-0.2, 0) is 0 Å². The molecular formula is C19H20BrN. The van der Waals surface area contributed by atoms with Crippen molar-refractivity contribution in [2.75, 3.05) is 18.0 Å². The van der Waals surface area contributed by atoms with E-state index in [9.17, 15) is 0 Å². The Labute approximate surface area is 135 Å². The molecule has 3 rings (SSSR count). The minimum Gasteiger partial charge on any atom is -0.363 e.